The molecule has 2 aromatic rings. The molecule has 2 aromatic carbocycles. The number of benzene rings is 2. The van der Waals surface area contributed by atoms with Crippen molar-refractivity contribution < 1.29 is 19.1 Å². The molecule has 0 aliphatic rings. The zero-order valence-electron chi connectivity index (χ0n) is 16.5. The topological polar surface area (TPSA) is 75.7 Å². The van der Waals surface area contributed by atoms with Crippen LogP contribution in [0, 0.1) is 0 Å². The summed E-state index contributed by atoms with van der Waals surface area (Å²) in [5, 5.41) is 2.84. The molecule has 0 aromatic heterocycles. The van der Waals surface area contributed by atoms with Gasteiger partial charge in [-0.25, -0.2) is 4.79 Å². The number of hydrogen-bond donors (Lipinski definition) is 1. The van der Waals surface area contributed by atoms with Crippen LogP contribution in [0.15, 0.2) is 48.5 Å². The first kappa shape index (κ1) is 21.2. The minimum absolute atomic E-state index is 0.161. The molecule has 0 unspecified atom stereocenters. The highest BCUT2D eigenvalue weighted by atomic mass is 16.5. The number of aryl methyl sites for hydroxylation is 1. The molecule has 0 aliphatic heterocycles. The lowest BCUT2D eigenvalue weighted by atomic mass is 10.1. The summed E-state index contributed by atoms with van der Waals surface area (Å²) < 4.78 is 4.95. The van der Waals surface area contributed by atoms with E-state index in [2.05, 4.69) is 12.2 Å². The van der Waals surface area contributed by atoms with Gasteiger partial charge in [-0.3, -0.25) is 9.59 Å². The van der Waals surface area contributed by atoms with E-state index in [0.717, 1.165) is 12.1 Å². The van der Waals surface area contributed by atoms with Crippen molar-refractivity contribution >= 4 is 29.2 Å². The number of anilines is 2. The molecule has 2 rings (SSSR count). The molecule has 0 bridgehead atoms. The Labute approximate surface area is 165 Å². The Morgan fingerprint density at radius 1 is 0.964 bits per heavy atom. The highest BCUT2D eigenvalue weighted by molar-refractivity contribution is 5.95. The van der Waals surface area contributed by atoms with Gasteiger partial charge >= 0.3 is 5.97 Å². The molecule has 0 spiro atoms. The third kappa shape index (κ3) is 5.94. The van der Waals surface area contributed by atoms with E-state index in [1.165, 1.54) is 17.4 Å². The van der Waals surface area contributed by atoms with Crippen LogP contribution in [0.4, 0.5) is 11.4 Å². The fourth-order valence-electron chi connectivity index (χ4n) is 2.72. The average molecular weight is 382 g/mol. The zero-order chi connectivity index (χ0) is 20.5. The van der Waals surface area contributed by atoms with Crippen LogP contribution < -0.4 is 10.2 Å². The first-order chi connectivity index (χ1) is 13.4. The SMILES string of the molecule is CCOC(=O)c1ccc(N(CCC(=O)Nc2ccc(CC)cc2)C(C)=O)cc1. The lowest BCUT2D eigenvalue weighted by Crippen LogP contribution is -2.32. The molecule has 148 valence electrons. The molecule has 0 fully saturated rings. The maximum Gasteiger partial charge on any atom is 0.338 e. The summed E-state index contributed by atoms with van der Waals surface area (Å²) in [5.41, 5.74) is 2.98. The molecule has 0 atom stereocenters. The summed E-state index contributed by atoms with van der Waals surface area (Å²) in [5.74, 6) is -0.750. The number of nitrogens with one attached hydrogen (secondary N) is 1. The predicted octanol–water partition coefficient (Wildman–Crippen LogP) is 3.81. The number of carbonyl (C=O) groups is 3. The Bertz CT molecular complexity index is 813. The molecule has 0 heterocycles. The fraction of sp³-hybridized carbons (Fsp3) is 0.318. The van der Waals surface area contributed by atoms with Gasteiger partial charge in [-0.15, -0.1) is 0 Å². The Hall–Kier alpha value is -3.15. The van der Waals surface area contributed by atoms with Gasteiger partial charge in [0.15, 0.2) is 0 Å². The number of amides is 2. The summed E-state index contributed by atoms with van der Waals surface area (Å²) >= 11 is 0. The van der Waals surface area contributed by atoms with Crippen LogP contribution in [-0.2, 0) is 20.7 Å². The second-order valence-corrected chi connectivity index (χ2v) is 6.29. The number of carbonyl (C=O) groups excluding carboxylic acids is 3. The van der Waals surface area contributed by atoms with E-state index in [1.54, 1.807) is 31.2 Å². The fourth-order valence-corrected chi connectivity index (χ4v) is 2.72. The van der Waals surface area contributed by atoms with Gasteiger partial charge in [0.2, 0.25) is 11.8 Å². The lowest BCUT2D eigenvalue weighted by molar-refractivity contribution is -0.117. The van der Waals surface area contributed by atoms with E-state index in [9.17, 15) is 14.4 Å². The van der Waals surface area contributed by atoms with Crippen molar-refractivity contribution in [2.45, 2.75) is 33.6 Å². The standard InChI is InChI=1S/C22H26N2O4/c1-4-17-6-10-19(11-7-17)23-21(26)14-15-24(16(3)25)20-12-8-18(9-13-20)22(27)28-5-2/h6-13H,4-5,14-15H2,1-3H3,(H,23,26). The first-order valence-electron chi connectivity index (χ1n) is 9.38. The highest BCUT2D eigenvalue weighted by Gasteiger charge is 2.15. The summed E-state index contributed by atoms with van der Waals surface area (Å²) in [6.45, 7) is 5.81. The van der Waals surface area contributed by atoms with E-state index in [4.69, 9.17) is 4.74 Å². The smallest absolute Gasteiger partial charge is 0.338 e. The largest absolute Gasteiger partial charge is 0.462 e. The Balaban J connectivity index is 1.97. The molecule has 6 nitrogen and oxygen atoms in total. The van der Waals surface area contributed by atoms with Crippen LogP contribution in [-0.4, -0.2) is 30.9 Å². The van der Waals surface area contributed by atoms with Crippen molar-refractivity contribution in [1.82, 2.24) is 0 Å². The number of ether oxygens (including phenoxy) is 1. The second kappa shape index (κ2) is 10.3. The van der Waals surface area contributed by atoms with Crippen molar-refractivity contribution in [3.8, 4) is 0 Å². The Morgan fingerprint density at radius 3 is 2.14 bits per heavy atom. The van der Waals surface area contributed by atoms with Crippen LogP contribution in [0.3, 0.4) is 0 Å². The number of nitrogens with zero attached hydrogens (tertiary/aromatic N) is 1. The van der Waals surface area contributed by atoms with Gasteiger partial charge in [0.1, 0.15) is 0 Å². The molecular weight excluding hydrogens is 356 g/mol. The van der Waals surface area contributed by atoms with E-state index >= 15 is 0 Å². The lowest BCUT2D eigenvalue weighted by Gasteiger charge is -2.21. The van der Waals surface area contributed by atoms with Gasteiger partial charge in [-0.1, -0.05) is 19.1 Å². The second-order valence-electron chi connectivity index (χ2n) is 6.29. The molecule has 0 saturated carbocycles. The van der Waals surface area contributed by atoms with E-state index in [1.807, 2.05) is 24.3 Å². The molecule has 0 aliphatic carbocycles. The van der Waals surface area contributed by atoms with E-state index in [-0.39, 0.29) is 24.8 Å². The molecule has 0 radical (unpaired) electrons. The average Bonchev–Trinajstić information content (AvgIpc) is 2.69. The molecule has 28 heavy (non-hydrogen) atoms. The number of hydrogen-bond acceptors (Lipinski definition) is 4. The maximum atomic E-state index is 12.2. The molecule has 2 amide bonds. The van der Waals surface area contributed by atoms with E-state index < -0.39 is 5.97 Å². The predicted molar refractivity (Wildman–Crippen MR) is 109 cm³/mol. The van der Waals surface area contributed by atoms with Crippen molar-refractivity contribution in [2.24, 2.45) is 0 Å². The summed E-state index contributed by atoms with van der Waals surface area (Å²) in [6, 6.07) is 14.3. The molecule has 0 saturated heterocycles. The van der Waals surface area contributed by atoms with Crippen LogP contribution >= 0.6 is 0 Å². The monoisotopic (exact) mass is 382 g/mol. The van der Waals surface area contributed by atoms with Crippen molar-refractivity contribution in [2.75, 3.05) is 23.4 Å². The van der Waals surface area contributed by atoms with Gasteiger partial charge in [-0.2, -0.15) is 0 Å². The van der Waals surface area contributed by atoms with E-state index in [0.29, 0.717) is 17.9 Å². The van der Waals surface area contributed by atoms with Gasteiger partial charge < -0.3 is 15.0 Å². The minimum Gasteiger partial charge on any atom is -0.462 e. The molecule has 1 N–H and O–H groups in total. The van der Waals surface area contributed by atoms with Gasteiger partial charge in [0, 0.05) is 31.3 Å². The Morgan fingerprint density at radius 2 is 1.61 bits per heavy atom. The maximum absolute atomic E-state index is 12.2. The van der Waals surface area contributed by atoms with Crippen LogP contribution in [0.1, 0.15) is 43.1 Å². The third-order valence-corrected chi connectivity index (χ3v) is 4.28. The summed E-state index contributed by atoms with van der Waals surface area (Å²) in [4.78, 5) is 37.5. The van der Waals surface area contributed by atoms with Gasteiger partial charge in [0.05, 0.1) is 12.2 Å². The Kier molecular flexibility index (Phi) is 7.75. The number of esters is 1. The van der Waals surface area contributed by atoms with Gasteiger partial charge in [-0.05, 0) is 55.3 Å². The third-order valence-electron chi connectivity index (χ3n) is 4.28. The van der Waals surface area contributed by atoms with Crippen LogP contribution in [0.25, 0.3) is 0 Å². The van der Waals surface area contributed by atoms with Gasteiger partial charge in [0.25, 0.3) is 0 Å². The molecular formula is C22H26N2O4. The minimum atomic E-state index is -0.406. The highest BCUT2D eigenvalue weighted by Crippen LogP contribution is 2.17. The summed E-state index contributed by atoms with van der Waals surface area (Å²) in [6.07, 6.45) is 1.10. The zero-order valence-corrected chi connectivity index (χ0v) is 16.5. The normalized spacial score (nSPS) is 10.2. The quantitative estimate of drug-likeness (QED) is 0.705. The first-order valence-corrected chi connectivity index (χ1v) is 9.38. The van der Waals surface area contributed by atoms with Crippen LogP contribution in [0.5, 0.6) is 0 Å². The van der Waals surface area contributed by atoms with Crippen molar-refractivity contribution in [1.29, 1.82) is 0 Å². The van der Waals surface area contributed by atoms with Crippen LogP contribution in [0.2, 0.25) is 0 Å². The van der Waals surface area contributed by atoms with Crippen molar-refractivity contribution in [3.05, 3.63) is 59.7 Å². The summed E-state index contributed by atoms with van der Waals surface area (Å²) in [7, 11) is 0. The molecule has 6 heteroatoms. The van der Waals surface area contributed by atoms with Crippen molar-refractivity contribution in [3.63, 3.8) is 0 Å². The number of rotatable bonds is 8.